The third-order valence-electron chi connectivity index (χ3n) is 2.99. The van der Waals surface area contributed by atoms with Gasteiger partial charge in [0.2, 0.25) is 0 Å². The molecule has 1 aromatic rings. The molecule has 2 atom stereocenters. The van der Waals surface area contributed by atoms with Gasteiger partial charge in [0.05, 0.1) is 6.54 Å². The van der Waals surface area contributed by atoms with E-state index in [4.69, 9.17) is 11.2 Å². The Labute approximate surface area is 125 Å². The Balaban J connectivity index is 2.88. The molecule has 0 aliphatic rings. The topological polar surface area (TPSA) is 50.4 Å². The van der Waals surface area contributed by atoms with Crippen LogP contribution in [0.3, 0.4) is 0 Å². The van der Waals surface area contributed by atoms with E-state index in [1.54, 1.807) is 13.0 Å². The Morgan fingerprint density at radius 3 is 2.81 bits per heavy atom. The quantitative estimate of drug-likeness (QED) is 0.756. The highest BCUT2D eigenvalue weighted by atomic mass is 19.1. The summed E-state index contributed by atoms with van der Waals surface area (Å²) >= 11 is 0. The molecule has 0 bridgehead atoms. The van der Waals surface area contributed by atoms with Gasteiger partial charge in [0.1, 0.15) is 11.6 Å². The lowest BCUT2D eigenvalue weighted by atomic mass is 10.1. The molecule has 0 saturated carbocycles. The first-order valence-electron chi connectivity index (χ1n) is 6.90. The van der Waals surface area contributed by atoms with Crippen LogP contribution < -0.4 is 15.4 Å². The van der Waals surface area contributed by atoms with Crippen molar-refractivity contribution in [3.8, 4) is 18.1 Å². The molecule has 2 N–H and O–H groups in total. The molecule has 1 aromatic carbocycles. The number of carbonyl (C=O) groups excluding carboxylic acids is 1. The fraction of sp³-hybridized carbons (Fsp3) is 0.438. The van der Waals surface area contributed by atoms with Crippen LogP contribution in [0.25, 0.3) is 0 Å². The van der Waals surface area contributed by atoms with E-state index < -0.39 is 11.9 Å². The van der Waals surface area contributed by atoms with Crippen LogP contribution in [0.4, 0.5) is 4.39 Å². The molecule has 0 fully saturated rings. The van der Waals surface area contributed by atoms with Gasteiger partial charge >= 0.3 is 0 Å². The highest BCUT2D eigenvalue weighted by molar-refractivity contribution is 5.80. The summed E-state index contributed by atoms with van der Waals surface area (Å²) in [5.41, 5.74) is 0.801. The summed E-state index contributed by atoms with van der Waals surface area (Å²) in [6.45, 7) is 6.44. The van der Waals surface area contributed by atoms with Crippen LogP contribution >= 0.6 is 0 Å². The largest absolute Gasteiger partial charge is 0.480 e. The first kappa shape index (κ1) is 17.0. The minimum atomic E-state index is -0.757. The monoisotopic (exact) mass is 292 g/mol. The second-order valence-electron chi connectivity index (χ2n) is 4.64. The molecule has 0 aliphatic carbocycles. The maximum atomic E-state index is 13.4. The first-order valence-corrected chi connectivity index (χ1v) is 6.90. The van der Waals surface area contributed by atoms with Crippen molar-refractivity contribution in [1.82, 2.24) is 10.6 Å². The lowest BCUT2D eigenvalue weighted by Crippen LogP contribution is -2.36. The summed E-state index contributed by atoms with van der Waals surface area (Å²) in [5, 5.41) is 5.76. The molecular weight excluding hydrogens is 271 g/mol. The van der Waals surface area contributed by atoms with Crippen molar-refractivity contribution in [2.24, 2.45) is 0 Å². The van der Waals surface area contributed by atoms with E-state index in [9.17, 15) is 9.18 Å². The molecule has 0 spiro atoms. The van der Waals surface area contributed by atoms with Crippen molar-refractivity contribution < 1.29 is 13.9 Å². The summed E-state index contributed by atoms with van der Waals surface area (Å²) in [6, 6.07) is 4.31. The van der Waals surface area contributed by atoms with E-state index in [2.05, 4.69) is 16.6 Å². The van der Waals surface area contributed by atoms with Gasteiger partial charge in [-0.05, 0) is 26.5 Å². The number of nitrogens with one attached hydrogen (secondary N) is 2. The van der Waals surface area contributed by atoms with Gasteiger partial charge < -0.3 is 15.4 Å². The molecule has 2 unspecified atom stereocenters. The fourth-order valence-corrected chi connectivity index (χ4v) is 1.91. The number of amides is 1. The number of hydrogen-bond acceptors (Lipinski definition) is 3. The molecule has 0 saturated heterocycles. The number of terminal acetylenes is 1. The van der Waals surface area contributed by atoms with E-state index in [0.29, 0.717) is 5.75 Å². The predicted octanol–water partition coefficient (Wildman–Crippen LogP) is 2.01. The van der Waals surface area contributed by atoms with Gasteiger partial charge in [0.15, 0.2) is 6.10 Å². The van der Waals surface area contributed by atoms with Crippen LogP contribution in [0.15, 0.2) is 18.2 Å². The van der Waals surface area contributed by atoms with Crippen LogP contribution in [0.5, 0.6) is 5.75 Å². The van der Waals surface area contributed by atoms with Crippen molar-refractivity contribution in [2.75, 3.05) is 13.1 Å². The van der Waals surface area contributed by atoms with E-state index >= 15 is 0 Å². The molecule has 0 heterocycles. The molecule has 4 nitrogen and oxygen atoms in total. The Kier molecular flexibility index (Phi) is 6.70. The van der Waals surface area contributed by atoms with Crippen molar-refractivity contribution in [3.05, 3.63) is 29.6 Å². The van der Waals surface area contributed by atoms with E-state index in [1.807, 2.05) is 13.8 Å². The van der Waals surface area contributed by atoms with Gasteiger partial charge in [0.25, 0.3) is 5.91 Å². The summed E-state index contributed by atoms with van der Waals surface area (Å²) in [4.78, 5) is 11.8. The highest BCUT2D eigenvalue weighted by Crippen LogP contribution is 2.27. The third-order valence-corrected chi connectivity index (χ3v) is 2.99. The summed E-state index contributed by atoms with van der Waals surface area (Å²) in [5.74, 6) is 1.93. The van der Waals surface area contributed by atoms with Crippen LogP contribution in [-0.2, 0) is 4.79 Å². The fourth-order valence-electron chi connectivity index (χ4n) is 1.91. The average Bonchev–Trinajstić information content (AvgIpc) is 2.44. The smallest absolute Gasteiger partial charge is 0.261 e. The lowest BCUT2D eigenvalue weighted by Gasteiger charge is -2.20. The van der Waals surface area contributed by atoms with Crippen LogP contribution in [0.2, 0.25) is 0 Å². The van der Waals surface area contributed by atoms with Crippen molar-refractivity contribution >= 4 is 5.91 Å². The van der Waals surface area contributed by atoms with Gasteiger partial charge in [-0.3, -0.25) is 4.79 Å². The maximum Gasteiger partial charge on any atom is 0.261 e. The predicted molar refractivity (Wildman–Crippen MR) is 80.4 cm³/mol. The Morgan fingerprint density at radius 2 is 2.19 bits per heavy atom. The van der Waals surface area contributed by atoms with E-state index in [1.165, 1.54) is 12.1 Å². The second kappa shape index (κ2) is 8.28. The zero-order valence-corrected chi connectivity index (χ0v) is 12.6. The summed E-state index contributed by atoms with van der Waals surface area (Å²) in [6.07, 6.45) is 4.33. The number of halogens is 1. The average molecular weight is 292 g/mol. The van der Waals surface area contributed by atoms with Gasteiger partial charge in [0, 0.05) is 17.7 Å². The number of benzene rings is 1. The molecule has 0 aliphatic heterocycles. The third kappa shape index (κ3) is 5.09. The summed E-state index contributed by atoms with van der Waals surface area (Å²) < 4.78 is 19.0. The zero-order valence-electron chi connectivity index (χ0n) is 12.6. The number of carbonyl (C=O) groups is 1. The van der Waals surface area contributed by atoms with Crippen LogP contribution in [-0.4, -0.2) is 25.1 Å². The van der Waals surface area contributed by atoms with Gasteiger partial charge in [-0.15, -0.1) is 6.42 Å². The number of rotatable bonds is 7. The minimum absolute atomic E-state index is 0.00781. The number of hydrogen-bond donors (Lipinski definition) is 2. The lowest BCUT2D eigenvalue weighted by molar-refractivity contribution is -0.127. The Morgan fingerprint density at radius 1 is 1.48 bits per heavy atom. The molecule has 114 valence electrons. The van der Waals surface area contributed by atoms with E-state index in [-0.39, 0.29) is 18.5 Å². The Hall–Kier alpha value is -2.06. The summed E-state index contributed by atoms with van der Waals surface area (Å²) in [7, 11) is 0. The molecule has 21 heavy (non-hydrogen) atoms. The minimum Gasteiger partial charge on any atom is -0.480 e. The first-order chi connectivity index (χ1) is 9.99. The van der Waals surface area contributed by atoms with Crippen molar-refractivity contribution in [2.45, 2.75) is 32.9 Å². The molecule has 0 aromatic heterocycles. The van der Waals surface area contributed by atoms with E-state index in [0.717, 1.165) is 12.1 Å². The van der Waals surface area contributed by atoms with Gasteiger partial charge in [-0.2, -0.15) is 0 Å². The SMILES string of the molecule is C#CCNC(=O)C(C)Oc1cc(F)ccc1C(C)NCC. The normalized spacial score (nSPS) is 13.1. The molecule has 1 amide bonds. The zero-order chi connectivity index (χ0) is 15.8. The van der Waals surface area contributed by atoms with Crippen molar-refractivity contribution in [3.63, 3.8) is 0 Å². The maximum absolute atomic E-state index is 13.4. The van der Waals surface area contributed by atoms with Gasteiger partial charge in [-0.25, -0.2) is 4.39 Å². The van der Waals surface area contributed by atoms with Crippen LogP contribution in [0.1, 0.15) is 32.4 Å². The second-order valence-corrected chi connectivity index (χ2v) is 4.64. The van der Waals surface area contributed by atoms with Gasteiger partial charge in [-0.1, -0.05) is 18.9 Å². The molecular formula is C16H21FN2O2. The number of ether oxygens (including phenoxy) is 1. The van der Waals surface area contributed by atoms with Crippen LogP contribution in [0, 0.1) is 18.2 Å². The van der Waals surface area contributed by atoms with Crippen molar-refractivity contribution in [1.29, 1.82) is 0 Å². The standard InChI is InChI=1S/C16H21FN2O2/c1-5-9-19-16(20)12(4)21-15-10-13(17)7-8-14(15)11(3)18-6-2/h1,7-8,10-12,18H,6,9H2,2-4H3,(H,19,20). The molecule has 0 radical (unpaired) electrons. The Bertz CT molecular complexity index is 525. The molecule has 5 heteroatoms. The highest BCUT2D eigenvalue weighted by Gasteiger charge is 2.18. The molecule has 1 rings (SSSR count).